The summed E-state index contributed by atoms with van der Waals surface area (Å²) in [6.07, 6.45) is 4.98. The zero-order chi connectivity index (χ0) is 23.1. The summed E-state index contributed by atoms with van der Waals surface area (Å²) in [5, 5.41) is 14.0. The largest absolute Gasteiger partial charge is 0.403 e. The maximum absolute atomic E-state index is 12.2. The quantitative estimate of drug-likeness (QED) is 0.499. The number of H-pyrrole nitrogens is 1. The summed E-state index contributed by atoms with van der Waals surface area (Å²) in [5.74, 6) is 1.18. The first-order chi connectivity index (χ1) is 15.4. The number of hydrogen-bond donors (Lipinski definition) is 4. The molecule has 0 saturated heterocycles. The molecule has 1 aromatic carbocycles. The minimum absolute atomic E-state index is 0.108. The number of amides is 2. The number of allylic oxidation sites excluding steroid dienone is 1. The van der Waals surface area contributed by atoms with Crippen LogP contribution in [0, 0.1) is 6.92 Å². The lowest BCUT2D eigenvalue weighted by molar-refractivity contribution is 0.217. The zero-order valence-corrected chi connectivity index (χ0v) is 19.2. The van der Waals surface area contributed by atoms with Crippen LogP contribution in [0.25, 0.3) is 0 Å². The molecule has 0 spiro atoms. The molecule has 0 unspecified atom stereocenters. The predicted molar refractivity (Wildman–Crippen MR) is 131 cm³/mol. The Labute approximate surface area is 192 Å². The van der Waals surface area contributed by atoms with Crippen LogP contribution >= 0.6 is 11.8 Å². The summed E-state index contributed by atoms with van der Waals surface area (Å²) in [7, 11) is 0. The number of nitrogens with zero attached hydrogens (tertiary/aromatic N) is 4. The summed E-state index contributed by atoms with van der Waals surface area (Å²) in [6.45, 7) is 11.3. The number of carbonyl (C=O) groups excluding carboxylic acids is 1. The Bertz CT molecular complexity index is 1050. The van der Waals surface area contributed by atoms with E-state index in [1.165, 1.54) is 18.0 Å². The van der Waals surface area contributed by atoms with Gasteiger partial charge in [0.15, 0.2) is 5.82 Å². The third-order valence-electron chi connectivity index (χ3n) is 4.60. The predicted octanol–water partition coefficient (Wildman–Crippen LogP) is 4.25. The zero-order valence-electron chi connectivity index (χ0n) is 18.4. The fourth-order valence-corrected chi connectivity index (χ4v) is 3.81. The number of nitrogens with one attached hydrogen (secondary N) is 3. The molecule has 0 bridgehead atoms. The molecule has 0 radical (unpaired) electrons. The highest BCUT2D eigenvalue weighted by Gasteiger charge is 2.19. The van der Waals surface area contributed by atoms with E-state index in [2.05, 4.69) is 27.4 Å². The molecule has 5 N–H and O–H groups in total. The van der Waals surface area contributed by atoms with Crippen molar-refractivity contribution >= 4 is 35.3 Å². The van der Waals surface area contributed by atoms with E-state index in [1.807, 2.05) is 57.2 Å². The summed E-state index contributed by atoms with van der Waals surface area (Å²) in [5.41, 5.74) is 7.98. The van der Waals surface area contributed by atoms with Gasteiger partial charge in [0.25, 0.3) is 0 Å². The molecule has 1 aromatic heterocycles. The summed E-state index contributed by atoms with van der Waals surface area (Å²) in [6, 6.07) is 9.41. The summed E-state index contributed by atoms with van der Waals surface area (Å²) >= 11 is 1.49. The third-order valence-corrected chi connectivity index (χ3v) is 5.53. The SMILES string of the molecule is C=C1C=C(Sc2ccc(NC(=O)N(CC)CC)cc2)N=C(Nc2cc(C)[nH]n2)N1/C=C\N. The number of aromatic nitrogens is 2. The van der Waals surface area contributed by atoms with Crippen molar-refractivity contribution in [2.24, 2.45) is 10.7 Å². The Morgan fingerprint density at radius 3 is 2.62 bits per heavy atom. The van der Waals surface area contributed by atoms with E-state index in [4.69, 9.17) is 10.7 Å². The van der Waals surface area contributed by atoms with Crippen LogP contribution in [0.4, 0.5) is 16.3 Å². The van der Waals surface area contributed by atoms with E-state index in [9.17, 15) is 4.79 Å². The Morgan fingerprint density at radius 2 is 2.03 bits per heavy atom. The lowest BCUT2D eigenvalue weighted by Gasteiger charge is -2.26. The number of aliphatic imine (C=N–C) groups is 1. The van der Waals surface area contributed by atoms with Crippen molar-refractivity contribution in [3.8, 4) is 0 Å². The number of aromatic amines is 1. The summed E-state index contributed by atoms with van der Waals surface area (Å²) < 4.78 is 0. The number of aryl methyl sites for hydroxylation is 1. The lowest BCUT2D eigenvalue weighted by atomic mass is 10.3. The van der Waals surface area contributed by atoms with Gasteiger partial charge >= 0.3 is 6.03 Å². The smallest absolute Gasteiger partial charge is 0.321 e. The number of anilines is 2. The highest BCUT2D eigenvalue weighted by atomic mass is 32.2. The molecular weight excluding hydrogens is 424 g/mol. The van der Waals surface area contributed by atoms with Gasteiger partial charge in [0.1, 0.15) is 5.03 Å². The molecule has 0 fully saturated rings. The van der Waals surface area contributed by atoms with Gasteiger partial charge in [-0.3, -0.25) is 10.00 Å². The first-order valence-electron chi connectivity index (χ1n) is 10.2. The standard InChI is InChI=1S/C22H28N8OS/c1-5-29(6-2)22(31)24-17-7-9-18(10-8-17)32-20-14-16(4)30(12-11-23)21(26-20)25-19-13-15(3)27-28-19/h7-14H,4-6,23H2,1-3H3,(H,24,31)(H2,25,26,27,28)/b12-11-. The fourth-order valence-electron chi connectivity index (χ4n) is 2.97. The van der Waals surface area contributed by atoms with Crippen molar-refractivity contribution in [1.82, 2.24) is 20.0 Å². The van der Waals surface area contributed by atoms with Crippen LogP contribution in [0.3, 0.4) is 0 Å². The highest BCUT2D eigenvalue weighted by molar-refractivity contribution is 8.03. The minimum atomic E-state index is -0.108. The molecule has 0 saturated carbocycles. The van der Waals surface area contributed by atoms with Crippen LogP contribution in [0.5, 0.6) is 0 Å². The van der Waals surface area contributed by atoms with Crippen molar-refractivity contribution in [2.45, 2.75) is 25.7 Å². The van der Waals surface area contributed by atoms with E-state index >= 15 is 0 Å². The van der Waals surface area contributed by atoms with Gasteiger partial charge in [-0.2, -0.15) is 5.10 Å². The van der Waals surface area contributed by atoms with E-state index in [0.29, 0.717) is 30.6 Å². The van der Waals surface area contributed by atoms with Gasteiger partial charge in [0, 0.05) is 53.5 Å². The number of benzene rings is 1. The summed E-state index contributed by atoms with van der Waals surface area (Å²) in [4.78, 5) is 21.4. The van der Waals surface area contributed by atoms with Crippen molar-refractivity contribution in [3.63, 3.8) is 0 Å². The molecule has 1 aliphatic heterocycles. The van der Waals surface area contributed by atoms with Gasteiger partial charge in [-0.15, -0.1) is 0 Å². The average Bonchev–Trinajstić information content (AvgIpc) is 3.17. The van der Waals surface area contributed by atoms with Gasteiger partial charge in [-0.05, 0) is 51.1 Å². The molecule has 3 rings (SSSR count). The lowest BCUT2D eigenvalue weighted by Crippen LogP contribution is -2.34. The first-order valence-corrected chi connectivity index (χ1v) is 11.0. The van der Waals surface area contributed by atoms with Crippen molar-refractivity contribution in [2.75, 3.05) is 23.7 Å². The van der Waals surface area contributed by atoms with E-state index < -0.39 is 0 Å². The van der Waals surface area contributed by atoms with Crippen LogP contribution in [-0.4, -0.2) is 45.1 Å². The second-order valence-electron chi connectivity index (χ2n) is 6.91. The molecule has 9 nitrogen and oxygen atoms in total. The van der Waals surface area contributed by atoms with E-state index in [0.717, 1.165) is 21.3 Å². The first kappa shape index (κ1) is 23.0. The molecule has 2 aromatic rings. The highest BCUT2D eigenvalue weighted by Crippen LogP contribution is 2.32. The molecule has 32 heavy (non-hydrogen) atoms. The second-order valence-corrected chi connectivity index (χ2v) is 8.00. The molecule has 0 atom stereocenters. The van der Waals surface area contributed by atoms with Crippen LogP contribution in [0.1, 0.15) is 19.5 Å². The normalized spacial score (nSPS) is 13.7. The number of carbonyl (C=O) groups is 1. The number of hydrogen-bond acceptors (Lipinski definition) is 7. The van der Waals surface area contributed by atoms with Gasteiger partial charge in [0.05, 0.1) is 0 Å². The van der Waals surface area contributed by atoms with Gasteiger partial charge in [-0.25, -0.2) is 9.79 Å². The molecule has 2 heterocycles. The van der Waals surface area contributed by atoms with Gasteiger partial charge in [-0.1, -0.05) is 18.3 Å². The third kappa shape index (κ3) is 5.73. The van der Waals surface area contributed by atoms with Crippen LogP contribution in [0.2, 0.25) is 0 Å². The van der Waals surface area contributed by atoms with Gasteiger partial charge in [0.2, 0.25) is 5.96 Å². The van der Waals surface area contributed by atoms with E-state index in [-0.39, 0.29) is 6.03 Å². The Balaban J connectivity index is 1.73. The molecule has 2 amide bonds. The van der Waals surface area contributed by atoms with Crippen LogP contribution in [-0.2, 0) is 0 Å². The average molecular weight is 453 g/mol. The van der Waals surface area contributed by atoms with Crippen molar-refractivity contribution in [1.29, 1.82) is 0 Å². The van der Waals surface area contributed by atoms with Gasteiger partial charge < -0.3 is 21.3 Å². The maximum atomic E-state index is 12.2. The number of urea groups is 1. The fraction of sp³-hybridized carbons (Fsp3) is 0.227. The molecule has 168 valence electrons. The Kier molecular flexibility index (Phi) is 7.61. The number of thioether (sulfide) groups is 1. The second kappa shape index (κ2) is 10.6. The number of nitrogens with two attached hydrogens (primary N) is 1. The topological polar surface area (TPSA) is 115 Å². The van der Waals surface area contributed by atoms with Crippen LogP contribution in [0.15, 0.2) is 76.0 Å². The minimum Gasteiger partial charge on any atom is -0.403 e. The molecular formula is C22H28N8OS. The van der Waals surface area contributed by atoms with Crippen molar-refractivity contribution in [3.05, 3.63) is 71.8 Å². The Morgan fingerprint density at radius 1 is 1.31 bits per heavy atom. The number of rotatable bonds is 7. The molecule has 0 aliphatic carbocycles. The van der Waals surface area contributed by atoms with Crippen LogP contribution < -0.4 is 16.4 Å². The monoisotopic (exact) mass is 452 g/mol. The molecule has 1 aliphatic rings. The van der Waals surface area contributed by atoms with Crippen molar-refractivity contribution < 1.29 is 4.79 Å². The maximum Gasteiger partial charge on any atom is 0.321 e. The number of guanidine groups is 1. The van der Waals surface area contributed by atoms with E-state index in [1.54, 1.807) is 16.0 Å². The Hall–Kier alpha value is -3.66. The molecule has 10 heteroatoms.